The van der Waals surface area contributed by atoms with Crippen LogP contribution in [0.2, 0.25) is 0 Å². The van der Waals surface area contributed by atoms with Crippen molar-refractivity contribution in [3.05, 3.63) is 48.5 Å². The van der Waals surface area contributed by atoms with E-state index in [1.54, 1.807) is 0 Å². The van der Waals surface area contributed by atoms with Crippen molar-refractivity contribution in [3.63, 3.8) is 0 Å². The number of para-hydroxylation sites is 2. The molecule has 0 radical (unpaired) electrons. The molecular weight excluding hydrogens is 352 g/mol. The molecule has 0 bridgehead atoms. The molecule has 28 heavy (non-hydrogen) atoms. The second-order valence-electron chi connectivity index (χ2n) is 7.19. The molecule has 1 aromatic heterocycles. The Bertz CT molecular complexity index is 881. The Balaban J connectivity index is 1.23. The summed E-state index contributed by atoms with van der Waals surface area (Å²) in [5.41, 5.74) is 3.70. The number of aromatic amines is 1. The molecule has 6 nitrogen and oxygen atoms in total. The topological polar surface area (TPSA) is 79.0 Å². The Hall–Kier alpha value is -2.86. The molecule has 1 saturated heterocycles. The van der Waals surface area contributed by atoms with Crippen LogP contribution in [0.15, 0.2) is 48.5 Å². The first-order valence-electron chi connectivity index (χ1n) is 9.99. The molecule has 2 aromatic carbocycles. The van der Waals surface area contributed by atoms with Gasteiger partial charge in [-0.1, -0.05) is 12.1 Å². The fourth-order valence-electron chi connectivity index (χ4n) is 3.55. The number of carbonyl (C=O) groups is 1. The van der Waals surface area contributed by atoms with Crippen LogP contribution in [0.5, 0.6) is 0 Å². The first kappa shape index (κ1) is 18.5. The summed E-state index contributed by atoms with van der Waals surface area (Å²) in [6, 6.07) is 15.5. The highest BCUT2D eigenvalue weighted by Crippen LogP contribution is 2.22. The number of hydrogen-bond acceptors (Lipinski definition) is 3. The Morgan fingerprint density at radius 1 is 1.14 bits per heavy atom. The zero-order valence-electron chi connectivity index (χ0n) is 15.9. The first-order chi connectivity index (χ1) is 13.8. The van der Waals surface area contributed by atoms with E-state index in [2.05, 4.69) is 20.6 Å². The maximum Gasteiger partial charge on any atom is 0.319 e. The minimum atomic E-state index is -0.173. The summed E-state index contributed by atoms with van der Waals surface area (Å²) in [6.45, 7) is 1.58. The SMILES string of the molecule is O=C(NCCCC[C@@H]1CCCO1)Nc1ccc(-c2nc3ccccc3[nH]2)cc1. The molecular formula is C22H26N4O2. The van der Waals surface area contributed by atoms with Crippen molar-refractivity contribution in [2.75, 3.05) is 18.5 Å². The lowest BCUT2D eigenvalue weighted by Gasteiger charge is -2.10. The number of hydrogen-bond donors (Lipinski definition) is 3. The summed E-state index contributed by atoms with van der Waals surface area (Å²) < 4.78 is 5.61. The van der Waals surface area contributed by atoms with Crippen molar-refractivity contribution >= 4 is 22.8 Å². The van der Waals surface area contributed by atoms with Gasteiger partial charge in [0.25, 0.3) is 0 Å². The number of H-pyrrole nitrogens is 1. The van der Waals surface area contributed by atoms with Crippen LogP contribution >= 0.6 is 0 Å². The van der Waals surface area contributed by atoms with E-state index in [9.17, 15) is 4.79 Å². The highest BCUT2D eigenvalue weighted by Gasteiger charge is 2.14. The van der Waals surface area contributed by atoms with Gasteiger partial charge < -0.3 is 20.4 Å². The fraction of sp³-hybridized carbons (Fsp3) is 0.364. The molecule has 0 spiro atoms. The number of nitrogens with zero attached hydrogens (tertiary/aromatic N) is 1. The largest absolute Gasteiger partial charge is 0.378 e. The molecule has 2 amide bonds. The van der Waals surface area contributed by atoms with Gasteiger partial charge in [0.2, 0.25) is 0 Å². The number of amides is 2. The van der Waals surface area contributed by atoms with Gasteiger partial charge in [-0.25, -0.2) is 9.78 Å². The van der Waals surface area contributed by atoms with E-state index in [1.807, 2.05) is 48.5 Å². The number of aromatic nitrogens is 2. The van der Waals surface area contributed by atoms with E-state index in [-0.39, 0.29) is 6.03 Å². The summed E-state index contributed by atoms with van der Waals surface area (Å²) in [4.78, 5) is 19.9. The summed E-state index contributed by atoms with van der Waals surface area (Å²) in [5, 5.41) is 5.79. The molecule has 1 atom stereocenters. The standard InChI is InChI=1S/C22H26N4O2/c27-22(23-14-4-3-6-18-7-5-15-28-18)24-17-12-10-16(11-13-17)21-25-19-8-1-2-9-20(19)26-21/h1-2,8-13,18H,3-7,14-15H2,(H,25,26)(H2,23,24,27)/t18-/m1/s1. The Morgan fingerprint density at radius 3 is 2.79 bits per heavy atom. The number of unbranched alkanes of at least 4 members (excludes halogenated alkanes) is 1. The normalized spacial score (nSPS) is 16.4. The predicted molar refractivity (Wildman–Crippen MR) is 111 cm³/mol. The summed E-state index contributed by atoms with van der Waals surface area (Å²) in [7, 11) is 0. The van der Waals surface area contributed by atoms with E-state index >= 15 is 0 Å². The van der Waals surface area contributed by atoms with Crippen LogP contribution in [0.1, 0.15) is 32.1 Å². The molecule has 6 heteroatoms. The summed E-state index contributed by atoms with van der Waals surface area (Å²) in [6.07, 6.45) is 5.93. The average Bonchev–Trinajstić information content (AvgIpc) is 3.38. The molecule has 0 aliphatic carbocycles. The van der Waals surface area contributed by atoms with Gasteiger partial charge in [-0.05, 0) is 68.5 Å². The van der Waals surface area contributed by atoms with Gasteiger partial charge in [-0.3, -0.25) is 0 Å². The third-order valence-electron chi connectivity index (χ3n) is 5.07. The average molecular weight is 378 g/mol. The number of imidazole rings is 1. The van der Waals surface area contributed by atoms with Crippen molar-refractivity contribution in [2.45, 2.75) is 38.2 Å². The number of carbonyl (C=O) groups excluding carboxylic acids is 1. The number of ether oxygens (including phenoxy) is 1. The molecule has 0 unspecified atom stereocenters. The van der Waals surface area contributed by atoms with Gasteiger partial charge in [-0.15, -0.1) is 0 Å². The number of benzene rings is 2. The van der Waals surface area contributed by atoms with Gasteiger partial charge in [0.05, 0.1) is 17.1 Å². The molecule has 2 heterocycles. The Morgan fingerprint density at radius 2 is 2.00 bits per heavy atom. The molecule has 1 fully saturated rings. The second kappa shape index (κ2) is 8.89. The van der Waals surface area contributed by atoms with Crippen LogP contribution in [0.3, 0.4) is 0 Å². The number of anilines is 1. The highest BCUT2D eigenvalue weighted by atomic mass is 16.5. The number of rotatable bonds is 7. The first-order valence-corrected chi connectivity index (χ1v) is 9.99. The van der Waals surface area contributed by atoms with Crippen molar-refractivity contribution in [1.82, 2.24) is 15.3 Å². The van der Waals surface area contributed by atoms with Crippen LogP contribution in [0, 0.1) is 0 Å². The number of urea groups is 1. The maximum atomic E-state index is 12.0. The quantitative estimate of drug-likeness (QED) is 0.521. The van der Waals surface area contributed by atoms with E-state index in [1.165, 1.54) is 12.8 Å². The lowest BCUT2D eigenvalue weighted by molar-refractivity contribution is 0.102. The lowest BCUT2D eigenvalue weighted by atomic mass is 10.1. The number of fused-ring (bicyclic) bond motifs is 1. The third kappa shape index (κ3) is 4.70. The van der Waals surface area contributed by atoms with Gasteiger partial charge in [0.1, 0.15) is 5.82 Å². The van der Waals surface area contributed by atoms with Crippen molar-refractivity contribution < 1.29 is 9.53 Å². The van der Waals surface area contributed by atoms with Crippen LogP contribution in [-0.4, -0.2) is 35.3 Å². The summed E-state index contributed by atoms with van der Waals surface area (Å²) >= 11 is 0. The predicted octanol–water partition coefficient (Wildman–Crippen LogP) is 4.70. The lowest BCUT2D eigenvalue weighted by Crippen LogP contribution is -2.29. The van der Waals surface area contributed by atoms with E-state index in [0.717, 1.165) is 54.0 Å². The smallest absolute Gasteiger partial charge is 0.319 e. The van der Waals surface area contributed by atoms with Crippen LogP contribution in [-0.2, 0) is 4.74 Å². The van der Waals surface area contributed by atoms with Gasteiger partial charge in [0.15, 0.2) is 0 Å². The van der Waals surface area contributed by atoms with E-state index in [4.69, 9.17) is 4.74 Å². The van der Waals surface area contributed by atoms with Gasteiger partial charge in [-0.2, -0.15) is 0 Å². The van der Waals surface area contributed by atoms with Gasteiger partial charge >= 0.3 is 6.03 Å². The zero-order chi connectivity index (χ0) is 19.2. The molecule has 146 valence electrons. The van der Waals surface area contributed by atoms with E-state index < -0.39 is 0 Å². The minimum absolute atomic E-state index is 0.173. The maximum absolute atomic E-state index is 12.0. The Kier molecular flexibility index (Phi) is 5.87. The number of nitrogens with one attached hydrogen (secondary N) is 3. The van der Waals surface area contributed by atoms with Crippen molar-refractivity contribution in [2.24, 2.45) is 0 Å². The molecule has 1 aliphatic rings. The fourth-order valence-corrected chi connectivity index (χ4v) is 3.55. The molecule has 0 saturated carbocycles. The van der Waals surface area contributed by atoms with Crippen molar-refractivity contribution in [1.29, 1.82) is 0 Å². The monoisotopic (exact) mass is 378 g/mol. The second-order valence-corrected chi connectivity index (χ2v) is 7.19. The van der Waals surface area contributed by atoms with Crippen LogP contribution in [0.4, 0.5) is 10.5 Å². The summed E-state index contributed by atoms with van der Waals surface area (Å²) in [5.74, 6) is 0.823. The van der Waals surface area contributed by atoms with E-state index in [0.29, 0.717) is 12.6 Å². The van der Waals surface area contributed by atoms with Crippen LogP contribution in [0.25, 0.3) is 22.4 Å². The molecule has 3 aromatic rings. The third-order valence-corrected chi connectivity index (χ3v) is 5.07. The Labute approximate surface area is 164 Å². The van der Waals surface area contributed by atoms with Crippen molar-refractivity contribution in [3.8, 4) is 11.4 Å². The highest BCUT2D eigenvalue weighted by molar-refractivity contribution is 5.89. The van der Waals surface area contributed by atoms with Gasteiger partial charge in [0, 0.05) is 24.4 Å². The zero-order valence-corrected chi connectivity index (χ0v) is 15.9. The molecule has 3 N–H and O–H groups in total. The molecule has 1 aliphatic heterocycles. The van der Waals surface area contributed by atoms with Crippen LogP contribution < -0.4 is 10.6 Å². The molecule has 4 rings (SSSR count). The minimum Gasteiger partial charge on any atom is -0.378 e.